The summed E-state index contributed by atoms with van der Waals surface area (Å²) in [5.74, 6) is -0.204. The van der Waals surface area contributed by atoms with E-state index >= 15 is 0 Å². The van der Waals surface area contributed by atoms with E-state index in [1.807, 2.05) is 30.3 Å². The zero-order valence-electron chi connectivity index (χ0n) is 12.6. The van der Waals surface area contributed by atoms with Crippen LogP contribution >= 0.6 is 15.9 Å². The van der Waals surface area contributed by atoms with Crippen molar-refractivity contribution in [1.29, 1.82) is 0 Å². The Balaban J connectivity index is 1.92. The zero-order chi connectivity index (χ0) is 16.7. The summed E-state index contributed by atoms with van der Waals surface area (Å²) in [6, 6.07) is 14.8. The van der Waals surface area contributed by atoms with Crippen LogP contribution in [0.2, 0.25) is 0 Å². The lowest BCUT2D eigenvalue weighted by Gasteiger charge is -2.17. The van der Waals surface area contributed by atoms with E-state index in [4.69, 9.17) is 5.73 Å². The van der Waals surface area contributed by atoms with Crippen LogP contribution in [0.5, 0.6) is 5.75 Å². The van der Waals surface area contributed by atoms with Crippen molar-refractivity contribution in [1.82, 2.24) is 10.9 Å². The predicted octanol–water partition coefficient (Wildman–Crippen LogP) is 2.41. The first-order chi connectivity index (χ1) is 11.1. The quantitative estimate of drug-likeness (QED) is 0.558. The van der Waals surface area contributed by atoms with Crippen molar-refractivity contribution in [2.45, 2.75) is 18.9 Å². The van der Waals surface area contributed by atoms with Crippen LogP contribution < -0.4 is 16.6 Å². The maximum Gasteiger partial charge on any atom is 0.241 e. The zero-order valence-corrected chi connectivity index (χ0v) is 14.2. The van der Waals surface area contributed by atoms with E-state index in [0.717, 1.165) is 11.1 Å². The van der Waals surface area contributed by atoms with Crippen molar-refractivity contribution in [3.05, 3.63) is 64.1 Å². The third-order valence-corrected chi connectivity index (χ3v) is 4.13. The van der Waals surface area contributed by atoms with Gasteiger partial charge in [0, 0.05) is 6.54 Å². The molecule has 0 aromatic heterocycles. The SMILES string of the molecule is NCC[C@@H](C(=O)NNCc1ccc(O)c(Br)c1)c1ccccc1. The van der Waals surface area contributed by atoms with Crippen LogP contribution in [0.15, 0.2) is 53.0 Å². The molecule has 0 saturated carbocycles. The van der Waals surface area contributed by atoms with E-state index in [1.165, 1.54) is 0 Å². The molecular formula is C17H20BrN3O2. The van der Waals surface area contributed by atoms with Crippen LogP contribution in [0.4, 0.5) is 0 Å². The number of hydrogen-bond acceptors (Lipinski definition) is 4. The van der Waals surface area contributed by atoms with Crippen molar-refractivity contribution in [2.24, 2.45) is 5.73 Å². The van der Waals surface area contributed by atoms with Crippen LogP contribution in [0.1, 0.15) is 23.5 Å². The van der Waals surface area contributed by atoms with Crippen molar-refractivity contribution in [3.8, 4) is 5.75 Å². The van der Waals surface area contributed by atoms with E-state index in [-0.39, 0.29) is 17.6 Å². The number of aromatic hydroxyl groups is 1. The lowest BCUT2D eigenvalue weighted by molar-refractivity contribution is -0.123. The maximum absolute atomic E-state index is 12.4. The maximum atomic E-state index is 12.4. The van der Waals surface area contributed by atoms with Crippen LogP contribution in [-0.4, -0.2) is 17.6 Å². The number of halogens is 1. The number of rotatable bonds is 7. The fraction of sp³-hybridized carbons (Fsp3) is 0.235. The molecule has 0 radical (unpaired) electrons. The van der Waals surface area contributed by atoms with Gasteiger partial charge >= 0.3 is 0 Å². The Morgan fingerprint density at radius 1 is 1.22 bits per heavy atom. The Labute approximate surface area is 144 Å². The summed E-state index contributed by atoms with van der Waals surface area (Å²) >= 11 is 3.26. The summed E-state index contributed by atoms with van der Waals surface area (Å²) in [6.07, 6.45) is 0.586. The van der Waals surface area contributed by atoms with E-state index < -0.39 is 0 Å². The highest BCUT2D eigenvalue weighted by molar-refractivity contribution is 9.10. The summed E-state index contributed by atoms with van der Waals surface area (Å²) < 4.78 is 0.619. The number of amides is 1. The van der Waals surface area contributed by atoms with Crippen LogP contribution in [0.3, 0.4) is 0 Å². The monoisotopic (exact) mass is 377 g/mol. The van der Waals surface area contributed by atoms with Gasteiger partial charge in [-0.25, -0.2) is 5.43 Å². The average Bonchev–Trinajstić information content (AvgIpc) is 2.56. The van der Waals surface area contributed by atoms with Gasteiger partial charge in [-0.3, -0.25) is 10.2 Å². The average molecular weight is 378 g/mol. The number of carbonyl (C=O) groups excluding carboxylic acids is 1. The summed E-state index contributed by atoms with van der Waals surface area (Å²) in [6.45, 7) is 0.895. The van der Waals surface area contributed by atoms with E-state index in [1.54, 1.807) is 18.2 Å². The van der Waals surface area contributed by atoms with Gasteiger partial charge in [-0.05, 0) is 52.2 Å². The molecule has 122 valence electrons. The molecule has 23 heavy (non-hydrogen) atoms. The van der Waals surface area contributed by atoms with Gasteiger partial charge in [0.15, 0.2) is 0 Å². The molecule has 6 heteroatoms. The molecule has 0 aliphatic rings. The summed E-state index contributed by atoms with van der Waals surface area (Å²) in [5, 5.41) is 9.47. The normalized spacial score (nSPS) is 11.9. The first-order valence-electron chi connectivity index (χ1n) is 7.37. The molecule has 5 nitrogen and oxygen atoms in total. The smallest absolute Gasteiger partial charge is 0.241 e. The number of phenolic OH excluding ortho intramolecular Hbond substituents is 1. The van der Waals surface area contributed by atoms with Crippen molar-refractivity contribution < 1.29 is 9.90 Å². The standard InChI is InChI=1S/C17H20BrN3O2/c18-15-10-12(6-7-16(15)22)11-20-21-17(23)14(8-9-19)13-4-2-1-3-5-13/h1-7,10,14,20,22H,8-9,11,19H2,(H,21,23)/t14-/m1/s1. The van der Waals surface area contributed by atoms with Gasteiger partial charge in [0.25, 0.3) is 0 Å². The Morgan fingerprint density at radius 2 is 1.96 bits per heavy atom. The summed E-state index contributed by atoms with van der Waals surface area (Å²) in [4.78, 5) is 12.4. The van der Waals surface area contributed by atoms with Crippen LogP contribution in [0, 0.1) is 0 Å². The minimum Gasteiger partial charge on any atom is -0.507 e. The first-order valence-corrected chi connectivity index (χ1v) is 8.16. The number of carbonyl (C=O) groups is 1. The third kappa shape index (κ3) is 5.06. The molecule has 0 aliphatic heterocycles. The molecule has 2 aromatic rings. The molecule has 2 rings (SSSR count). The minimum atomic E-state index is -0.278. The number of phenols is 1. The fourth-order valence-corrected chi connectivity index (χ4v) is 2.71. The Hall–Kier alpha value is -1.89. The molecule has 5 N–H and O–H groups in total. The molecule has 1 amide bonds. The van der Waals surface area contributed by atoms with Crippen LogP contribution in [-0.2, 0) is 11.3 Å². The van der Waals surface area contributed by atoms with Gasteiger partial charge in [-0.2, -0.15) is 0 Å². The van der Waals surface area contributed by atoms with Crippen molar-refractivity contribution >= 4 is 21.8 Å². The Bertz CT molecular complexity index is 650. The molecule has 0 saturated heterocycles. The van der Waals surface area contributed by atoms with Crippen molar-refractivity contribution in [3.63, 3.8) is 0 Å². The van der Waals surface area contributed by atoms with Crippen molar-refractivity contribution in [2.75, 3.05) is 6.54 Å². The number of benzene rings is 2. The van der Waals surface area contributed by atoms with E-state index in [0.29, 0.717) is 24.0 Å². The Morgan fingerprint density at radius 3 is 2.61 bits per heavy atom. The third-order valence-electron chi connectivity index (χ3n) is 3.49. The Kier molecular flexibility index (Phi) is 6.58. The lowest BCUT2D eigenvalue weighted by Crippen LogP contribution is -2.40. The van der Waals surface area contributed by atoms with Crippen LogP contribution in [0.25, 0.3) is 0 Å². The molecule has 0 bridgehead atoms. The second-order valence-corrected chi connectivity index (χ2v) is 6.02. The molecule has 0 heterocycles. The highest BCUT2D eigenvalue weighted by atomic mass is 79.9. The second kappa shape index (κ2) is 8.67. The highest BCUT2D eigenvalue weighted by Crippen LogP contribution is 2.24. The van der Waals surface area contributed by atoms with E-state index in [2.05, 4.69) is 26.8 Å². The van der Waals surface area contributed by atoms with Gasteiger partial charge in [0.1, 0.15) is 5.75 Å². The lowest BCUT2D eigenvalue weighted by atomic mass is 9.95. The number of nitrogens with two attached hydrogens (primary N) is 1. The first kappa shape index (κ1) is 17.5. The summed E-state index contributed by atoms with van der Waals surface area (Å²) in [7, 11) is 0. The number of hydrazine groups is 1. The number of hydrogen-bond donors (Lipinski definition) is 4. The van der Waals surface area contributed by atoms with E-state index in [9.17, 15) is 9.90 Å². The molecule has 0 aliphatic carbocycles. The molecule has 0 spiro atoms. The molecule has 0 unspecified atom stereocenters. The molecular weight excluding hydrogens is 358 g/mol. The topological polar surface area (TPSA) is 87.4 Å². The predicted molar refractivity (Wildman–Crippen MR) is 93.6 cm³/mol. The van der Waals surface area contributed by atoms with Gasteiger partial charge in [0.2, 0.25) is 5.91 Å². The molecule has 0 fully saturated rings. The van der Waals surface area contributed by atoms with Gasteiger partial charge in [-0.1, -0.05) is 36.4 Å². The largest absolute Gasteiger partial charge is 0.507 e. The second-order valence-electron chi connectivity index (χ2n) is 5.17. The summed E-state index contributed by atoms with van der Waals surface area (Å²) in [5.41, 5.74) is 13.2. The minimum absolute atomic E-state index is 0.112. The number of nitrogens with one attached hydrogen (secondary N) is 2. The van der Waals surface area contributed by atoms with Gasteiger partial charge in [0.05, 0.1) is 10.4 Å². The molecule has 1 atom stereocenters. The molecule has 2 aromatic carbocycles. The highest BCUT2D eigenvalue weighted by Gasteiger charge is 2.19. The fourth-order valence-electron chi connectivity index (χ4n) is 2.28. The van der Waals surface area contributed by atoms with Gasteiger partial charge in [-0.15, -0.1) is 0 Å². The van der Waals surface area contributed by atoms with Gasteiger partial charge < -0.3 is 10.8 Å².